The van der Waals surface area contributed by atoms with Crippen LogP contribution in [0.15, 0.2) is 243 Å². The van der Waals surface area contributed by atoms with Gasteiger partial charge in [0, 0.05) is 66.7 Å². The second-order valence-corrected chi connectivity index (χ2v) is 22.6. The van der Waals surface area contributed by atoms with Crippen LogP contribution in [0, 0.1) is 71.6 Å². The summed E-state index contributed by atoms with van der Waals surface area (Å²) in [6.07, 6.45) is 3.61. The minimum Gasteiger partial charge on any atom is -0.309 e. The fourth-order valence-electron chi connectivity index (χ4n) is 12.8. The number of benzene rings is 11. The zero-order chi connectivity index (χ0) is 65.6. The number of nitriles is 4. The molecule has 0 aliphatic heterocycles. The third kappa shape index (κ3) is 9.87. The third-order valence-corrected chi connectivity index (χ3v) is 17.3. The average molecular weight is 1220 g/mol. The Balaban J connectivity index is 1.03. The van der Waals surface area contributed by atoms with Crippen molar-refractivity contribution in [3.8, 4) is 125 Å². The molecule has 438 valence electrons. The molecule has 4 heterocycles. The van der Waals surface area contributed by atoms with Crippen molar-refractivity contribution in [2.24, 2.45) is 0 Å². The largest absolute Gasteiger partial charge is 0.309 e. The van der Waals surface area contributed by atoms with E-state index in [1.165, 1.54) is 0 Å². The van der Waals surface area contributed by atoms with Crippen LogP contribution in [0.5, 0.6) is 0 Å². The predicted molar refractivity (Wildman–Crippen MR) is 374 cm³/mol. The Hall–Kier alpha value is -14.9. The standard InChI is InChI=1S/C82H40N14/c1-87-60-22-27-63(59(37-60)47-86)54-18-29-74-68(39-54)70-41-56(65-28-23-61(88-2)43-73(65)90-4)20-31-75(70)95(74)78-42-57(82-93-80(51-11-7-5-8-12-51)92-81(94-82)52-13-9-6-10-14-52)17-26-66(78)67-33-34-91-48-79(67)96-76-30-19-53(62-24-15-49(44-83)35-58(62)46-85)38-69(76)71-40-55(21-32-77(71)96)64-25-16-50(45-84)36-72(64)89-3/h5-43,48H. The quantitative estimate of drug-likeness (QED) is 0.122. The lowest BCUT2D eigenvalue weighted by molar-refractivity contribution is 1.07. The highest BCUT2D eigenvalue weighted by Gasteiger charge is 2.25. The number of hydrogen-bond acceptors (Lipinski definition) is 8. The molecule has 11 aromatic carbocycles. The van der Waals surface area contributed by atoms with Crippen LogP contribution in [-0.2, 0) is 0 Å². The van der Waals surface area contributed by atoms with Crippen LogP contribution in [0.3, 0.4) is 0 Å². The normalized spacial score (nSPS) is 10.8. The molecule has 0 N–H and O–H groups in total. The minimum atomic E-state index is 0.326. The lowest BCUT2D eigenvalue weighted by Crippen LogP contribution is -2.04. The topological polar surface area (TPSA) is 174 Å². The van der Waals surface area contributed by atoms with Crippen molar-refractivity contribution in [3.63, 3.8) is 0 Å². The van der Waals surface area contributed by atoms with Gasteiger partial charge in [-0.25, -0.2) is 34.3 Å². The van der Waals surface area contributed by atoms with Crippen LogP contribution in [0.25, 0.3) is 164 Å². The smallest absolute Gasteiger partial charge is 0.196 e. The molecular weight excluding hydrogens is 1180 g/mol. The van der Waals surface area contributed by atoms with Crippen molar-refractivity contribution in [1.29, 1.82) is 21.0 Å². The third-order valence-electron chi connectivity index (χ3n) is 17.3. The number of pyridine rings is 1. The Morgan fingerprint density at radius 2 is 0.719 bits per heavy atom. The molecule has 0 radical (unpaired) electrons. The molecule has 14 heteroatoms. The maximum Gasteiger partial charge on any atom is 0.196 e. The summed E-state index contributed by atoms with van der Waals surface area (Å²) in [6.45, 7) is 31.9. The average Bonchev–Trinajstić information content (AvgIpc) is 1.56. The number of nitrogens with zero attached hydrogens (tertiary/aromatic N) is 14. The van der Waals surface area contributed by atoms with Crippen LogP contribution >= 0.6 is 0 Å². The molecule has 0 unspecified atom stereocenters. The highest BCUT2D eigenvalue weighted by molar-refractivity contribution is 6.14. The first-order valence-corrected chi connectivity index (χ1v) is 30.0. The van der Waals surface area contributed by atoms with E-state index in [1.807, 2.05) is 140 Å². The molecule has 0 amide bonds. The van der Waals surface area contributed by atoms with Crippen molar-refractivity contribution in [3.05, 3.63) is 311 Å². The molecule has 0 spiro atoms. The Labute approximate surface area is 549 Å². The van der Waals surface area contributed by atoms with Crippen molar-refractivity contribution >= 4 is 66.4 Å². The van der Waals surface area contributed by atoms with Gasteiger partial charge >= 0.3 is 0 Å². The number of rotatable bonds is 10. The Morgan fingerprint density at radius 1 is 0.312 bits per heavy atom. The van der Waals surface area contributed by atoms with E-state index in [4.69, 9.17) is 46.2 Å². The molecule has 15 rings (SSSR count). The highest BCUT2D eigenvalue weighted by Crippen LogP contribution is 2.47. The molecule has 0 atom stereocenters. The summed E-state index contributed by atoms with van der Waals surface area (Å²) in [5, 5.41) is 43.9. The first-order valence-electron chi connectivity index (χ1n) is 30.0. The van der Waals surface area contributed by atoms with Gasteiger partial charge in [-0.1, -0.05) is 140 Å². The van der Waals surface area contributed by atoms with Crippen molar-refractivity contribution < 1.29 is 0 Å². The fourth-order valence-corrected chi connectivity index (χ4v) is 12.8. The van der Waals surface area contributed by atoms with Gasteiger partial charge in [-0.2, -0.15) is 21.0 Å². The van der Waals surface area contributed by atoms with Gasteiger partial charge in [-0.3, -0.25) is 4.98 Å². The van der Waals surface area contributed by atoms with Crippen LogP contribution in [0.2, 0.25) is 0 Å². The maximum absolute atomic E-state index is 10.5. The molecule has 4 aromatic heterocycles. The van der Waals surface area contributed by atoms with Crippen LogP contribution < -0.4 is 0 Å². The predicted octanol–water partition coefficient (Wildman–Crippen LogP) is 20.5. The van der Waals surface area contributed by atoms with E-state index in [-0.39, 0.29) is 0 Å². The first-order chi connectivity index (χ1) is 47.2. The Bertz CT molecular complexity index is 5880. The monoisotopic (exact) mass is 1220 g/mol. The second kappa shape index (κ2) is 23.8. The summed E-state index contributed by atoms with van der Waals surface area (Å²) >= 11 is 0. The molecular formula is C82H40N14. The zero-order valence-electron chi connectivity index (χ0n) is 50.4. The lowest BCUT2D eigenvalue weighted by atomic mass is 9.96. The highest BCUT2D eigenvalue weighted by atomic mass is 15.0. The summed E-state index contributed by atoms with van der Waals surface area (Å²) in [7, 11) is 0. The van der Waals surface area contributed by atoms with E-state index < -0.39 is 0 Å². The van der Waals surface area contributed by atoms with Crippen LogP contribution in [-0.4, -0.2) is 29.1 Å². The lowest BCUT2D eigenvalue weighted by Gasteiger charge is -2.19. The summed E-state index contributed by atoms with van der Waals surface area (Å²) in [5.74, 6) is 1.37. The Kier molecular flexibility index (Phi) is 14.3. The van der Waals surface area contributed by atoms with Crippen molar-refractivity contribution in [1.82, 2.24) is 29.1 Å². The van der Waals surface area contributed by atoms with E-state index in [2.05, 4.69) is 83.1 Å². The van der Waals surface area contributed by atoms with E-state index in [1.54, 1.807) is 72.9 Å². The number of aromatic nitrogens is 6. The molecule has 15 aromatic rings. The number of fused-ring (bicyclic) bond motifs is 6. The van der Waals surface area contributed by atoms with E-state index in [0.717, 1.165) is 88.1 Å². The van der Waals surface area contributed by atoms with E-state index >= 15 is 0 Å². The molecule has 0 fully saturated rings. The molecule has 96 heavy (non-hydrogen) atoms. The zero-order valence-corrected chi connectivity index (χ0v) is 50.4. The molecule has 14 nitrogen and oxygen atoms in total. The Morgan fingerprint density at radius 3 is 1.22 bits per heavy atom. The summed E-state index contributed by atoms with van der Waals surface area (Å²) in [6, 6.07) is 81.4. The van der Waals surface area contributed by atoms with Crippen molar-refractivity contribution in [2.45, 2.75) is 0 Å². The first kappa shape index (κ1) is 57.5. The number of hydrogen-bond donors (Lipinski definition) is 0. The van der Waals surface area contributed by atoms with Crippen LogP contribution in [0.1, 0.15) is 22.3 Å². The summed E-state index contributed by atoms with van der Waals surface area (Å²) in [5.41, 5.74) is 16.7. The van der Waals surface area contributed by atoms with Gasteiger partial charge in [0.2, 0.25) is 0 Å². The maximum atomic E-state index is 10.5. The van der Waals surface area contributed by atoms with Crippen molar-refractivity contribution in [2.75, 3.05) is 0 Å². The summed E-state index contributed by atoms with van der Waals surface area (Å²) in [4.78, 5) is 35.3. The van der Waals surface area contributed by atoms with Gasteiger partial charge in [-0.05, 0) is 136 Å². The molecule has 0 aliphatic carbocycles. The van der Waals surface area contributed by atoms with Gasteiger partial charge in [-0.15, -0.1) is 0 Å². The molecule has 0 bridgehead atoms. The molecule has 0 saturated carbocycles. The summed E-state index contributed by atoms with van der Waals surface area (Å²) < 4.78 is 4.39. The van der Waals surface area contributed by atoms with Gasteiger partial charge < -0.3 is 9.13 Å². The SMILES string of the molecule is [C-]#[N+]c1ccc(-c2ccc3c(c2)c2cc(-c4ccc([N+]#[C-])cc4[N+]#[C-])ccc2n3-c2cc(-c3nc(-c4ccccc4)nc(-c4ccccc4)n3)ccc2-c2ccncc2-n2c3ccc(-c4ccc(C#N)cc4C#N)cc3c3cc(-c4ccc(C#N)cc4[N+]#[C-])ccc32)c(C#N)c1. The van der Waals surface area contributed by atoms with Gasteiger partial charge in [0.05, 0.1) is 101 Å². The van der Waals surface area contributed by atoms with Gasteiger partial charge in [0.25, 0.3) is 0 Å². The fraction of sp³-hybridized carbons (Fsp3) is 0. The second-order valence-electron chi connectivity index (χ2n) is 22.6. The minimum absolute atomic E-state index is 0.326. The van der Waals surface area contributed by atoms with Crippen LogP contribution in [0.4, 0.5) is 22.7 Å². The van der Waals surface area contributed by atoms with Gasteiger partial charge in [0.15, 0.2) is 40.2 Å². The molecule has 0 aliphatic rings. The van der Waals surface area contributed by atoms with E-state index in [0.29, 0.717) is 102 Å². The van der Waals surface area contributed by atoms with Gasteiger partial charge in [0.1, 0.15) is 0 Å². The van der Waals surface area contributed by atoms with E-state index in [9.17, 15) is 21.0 Å². The molecule has 0 saturated heterocycles.